The van der Waals surface area contributed by atoms with E-state index < -0.39 is 0 Å². The summed E-state index contributed by atoms with van der Waals surface area (Å²) in [6, 6.07) is 0. The van der Waals surface area contributed by atoms with Gasteiger partial charge in [0.05, 0.1) is 0 Å². The van der Waals surface area contributed by atoms with E-state index in [0.717, 1.165) is 6.42 Å². The van der Waals surface area contributed by atoms with E-state index >= 15 is 0 Å². The molecule has 0 aliphatic carbocycles. The van der Waals surface area contributed by atoms with Crippen molar-refractivity contribution < 1.29 is 5.11 Å². The van der Waals surface area contributed by atoms with E-state index in [2.05, 4.69) is 0 Å². The Hall–Kier alpha value is 0.690. The summed E-state index contributed by atoms with van der Waals surface area (Å²) in [4.78, 5) is 0. The van der Waals surface area contributed by atoms with Crippen LogP contribution in [0.15, 0.2) is 0 Å². The lowest BCUT2D eigenvalue weighted by Crippen LogP contribution is -1.86. The van der Waals surface area contributed by atoms with Crippen LogP contribution in [0.4, 0.5) is 0 Å². The van der Waals surface area contributed by atoms with E-state index in [1.54, 1.807) is 0 Å². The Balaban J connectivity index is 2.54. The molecule has 5 heavy (non-hydrogen) atoms. The van der Waals surface area contributed by atoms with Crippen LogP contribution in [-0.4, -0.2) is 9.22 Å². The number of hydrogen-bond acceptors (Lipinski definition) is 1. The summed E-state index contributed by atoms with van der Waals surface area (Å²) >= 11 is 1.96. The van der Waals surface area contributed by atoms with Gasteiger partial charge in [-0.15, -0.1) is 0 Å². The van der Waals surface area contributed by atoms with Crippen molar-refractivity contribution in [3.63, 3.8) is 0 Å². The molecule has 0 aromatic rings. The molecular weight excluding hydrogens is 179 g/mol. The topological polar surface area (TPSA) is 20.2 Å². The van der Waals surface area contributed by atoms with Crippen LogP contribution in [0.25, 0.3) is 0 Å². The average molecular weight is 186 g/mol. The highest BCUT2D eigenvalue weighted by Crippen LogP contribution is 1.96. The fraction of sp³-hybridized carbons (Fsp3) is 1.00. The highest BCUT2D eigenvalue weighted by molar-refractivity contribution is 14.1. The average Bonchev–Trinajstić information content (AvgIpc) is 1.38. The summed E-state index contributed by atoms with van der Waals surface area (Å²) in [5, 5.41) is 8.35. The molecule has 0 bridgehead atoms. The van der Waals surface area contributed by atoms with Crippen molar-refractivity contribution in [2.45, 2.75) is 17.5 Å². The number of hydrogen-bond donors (Lipinski definition) is 1. The van der Waals surface area contributed by atoms with E-state index in [1.807, 2.05) is 29.5 Å². The zero-order valence-electron chi connectivity index (χ0n) is 3.11. The second-order valence-corrected chi connectivity index (χ2v) is 2.28. The van der Waals surface area contributed by atoms with Gasteiger partial charge in [0.25, 0.3) is 0 Å². The molecule has 2 heteroatoms. The zero-order chi connectivity index (χ0) is 4.28. The minimum absolute atomic E-state index is 0.146. The van der Waals surface area contributed by atoms with Gasteiger partial charge < -0.3 is 5.11 Å². The maximum absolute atomic E-state index is 8.35. The van der Waals surface area contributed by atoms with Gasteiger partial charge in [-0.3, -0.25) is 0 Å². The third-order valence-corrected chi connectivity index (χ3v) is 1.22. The first-order chi connectivity index (χ1) is 2.27. The van der Waals surface area contributed by atoms with Crippen molar-refractivity contribution in [2.75, 3.05) is 0 Å². The number of aliphatic hydroxyl groups is 1. The quantitative estimate of drug-likeness (QED) is 0.481. The van der Waals surface area contributed by atoms with Crippen LogP contribution in [0.5, 0.6) is 0 Å². The first kappa shape index (κ1) is 5.69. The van der Waals surface area contributed by atoms with Crippen LogP contribution in [-0.2, 0) is 0 Å². The van der Waals surface area contributed by atoms with Crippen molar-refractivity contribution in [3.05, 3.63) is 0 Å². The van der Waals surface area contributed by atoms with Gasteiger partial charge in [-0.25, -0.2) is 0 Å². The molecule has 0 aromatic heterocycles. The van der Waals surface area contributed by atoms with Gasteiger partial charge in [-0.05, 0) is 6.42 Å². The summed E-state index contributed by atoms with van der Waals surface area (Å²) in [7, 11) is 0. The molecule has 0 spiro atoms. The molecule has 1 N–H and O–H groups in total. The molecule has 0 radical (unpaired) electrons. The van der Waals surface area contributed by atoms with Gasteiger partial charge in [-0.2, -0.15) is 0 Å². The van der Waals surface area contributed by atoms with Crippen molar-refractivity contribution in [1.29, 1.82) is 0 Å². The third kappa shape index (κ3) is 4.69. The zero-order valence-corrected chi connectivity index (χ0v) is 5.27. The third-order valence-electron chi connectivity index (χ3n) is 0.337. The molecular formula is C3H7IO. The molecule has 0 saturated heterocycles. The van der Waals surface area contributed by atoms with Gasteiger partial charge >= 0.3 is 0 Å². The van der Waals surface area contributed by atoms with E-state index in [4.69, 9.17) is 5.11 Å². The van der Waals surface area contributed by atoms with Crippen LogP contribution < -0.4 is 0 Å². The molecule has 1 nitrogen and oxygen atoms in total. The van der Waals surface area contributed by atoms with E-state index in [0.29, 0.717) is 0 Å². The van der Waals surface area contributed by atoms with Gasteiger partial charge in [0.2, 0.25) is 0 Å². The van der Waals surface area contributed by atoms with Crippen LogP contribution in [0.3, 0.4) is 0 Å². The molecule has 0 saturated carbocycles. The lowest BCUT2D eigenvalue weighted by molar-refractivity contribution is 0.275. The van der Waals surface area contributed by atoms with Crippen LogP contribution in [0.2, 0.25) is 0 Å². The first-order valence-electron chi connectivity index (χ1n) is 1.59. The summed E-state index contributed by atoms with van der Waals surface area (Å²) in [6.45, 7) is 1.94. The van der Waals surface area contributed by atoms with Crippen molar-refractivity contribution in [1.82, 2.24) is 0 Å². The maximum atomic E-state index is 8.35. The lowest BCUT2D eigenvalue weighted by Gasteiger charge is -1.88. The number of aliphatic hydroxyl groups excluding tert-OH is 1. The van der Waals surface area contributed by atoms with E-state index in [9.17, 15) is 0 Å². The Labute approximate surface area is 45.5 Å². The Morgan fingerprint density at radius 3 is 2.20 bits per heavy atom. The van der Waals surface area contributed by atoms with Crippen molar-refractivity contribution in [3.8, 4) is 0 Å². The Morgan fingerprint density at radius 1 is 2.00 bits per heavy atom. The molecule has 0 unspecified atom stereocenters. The van der Waals surface area contributed by atoms with Crippen LogP contribution in [0.1, 0.15) is 13.3 Å². The number of rotatable bonds is 1. The van der Waals surface area contributed by atoms with Gasteiger partial charge in [0.15, 0.2) is 0 Å². The molecule has 1 atom stereocenters. The summed E-state index contributed by atoms with van der Waals surface area (Å²) in [5.74, 6) is 0. The van der Waals surface area contributed by atoms with Crippen LogP contribution in [0, 0.1) is 0 Å². The smallest absolute Gasteiger partial charge is 0.105 e. The molecule has 0 heterocycles. The standard InChI is InChI=1S/C3H7IO/c1-2-3(4)5/h3,5H,2H2,1H3/t3-/m0/s1. The lowest BCUT2D eigenvalue weighted by atomic mass is 10.5. The van der Waals surface area contributed by atoms with Gasteiger partial charge in [0, 0.05) is 0 Å². The number of halogens is 1. The summed E-state index contributed by atoms with van der Waals surface area (Å²) < 4.78 is -0.146. The molecule has 0 fully saturated rings. The molecule has 0 rings (SSSR count). The first-order valence-corrected chi connectivity index (χ1v) is 2.84. The highest BCUT2D eigenvalue weighted by Gasteiger charge is 1.84. The number of alkyl halides is 1. The molecule has 0 amide bonds. The Bertz CT molecular complexity index is 20.9. The second-order valence-electron chi connectivity index (χ2n) is 0.843. The molecule has 0 aliphatic rings. The van der Waals surface area contributed by atoms with Crippen molar-refractivity contribution in [2.24, 2.45) is 0 Å². The second kappa shape index (κ2) is 2.90. The largest absolute Gasteiger partial charge is 0.383 e. The monoisotopic (exact) mass is 186 g/mol. The fourth-order valence-corrected chi connectivity index (χ4v) is 0. The molecule has 0 aromatic carbocycles. The SMILES string of the molecule is CC[C@H](O)I. The maximum Gasteiger partial charge on any atom is 0.105 e. The van der Waals surface area contributed by atoms with E-state index in [1.165, 1.54) is 0 Å². The van der Waals surface area contributed by atoms with E-state index in [-0.39, 0.29) is 4.11 Å². The summed E-state index contributed by atoms with van der Waals surface area (Å²) in [6.07, 6.45) is 0.848. The fourth-order valence-electron chi connectivity index (χ4n) is 0. The van der Waals surface area contributed by atoms with Gasteiger partial charge in [-0.1, -0.05) is 29.5 Å². The predicted octanol–water partition coefficient (Wildman–Crippen LogP) is 1.15. The molecule has 0 aliphatic heterocycles. The highest BCUT2D eigenvalue weighted by atomic mass is 127. The van der Waals surface area contributed by atoms with Crippen LogP contribution >= 0.6 is 22.6 Å². The molecule has 32 valence electrons. The Morgan fingerprint density at radius 2 is 2.20 bits per heavy atom. The minimum atomic E-state index is -0.146. The van der Waals surface area contributed by atoms with Gasteiger partial charge in [0.1, 0.15) is 4.11 Å². The predicted molar refractivity (Wildman–Crippen MR) is 30.3 cm³/mol. The van der Waals surface area contributed by atoms with Crippen molar-refractivity contribution >= 4 is 22.6 Å². The Kier molecular flexibility index (Phi) is 3.30. The normalized spacial score (nSPS) is 15.0. The minimum Gasteiger partial charge on any atom is -0.383 e. The summed E-state index contributed by atoms with van der Waals surface area (Å²) in [5.41, 5.74) is 0.